The maximum atomic E-state index is 3.88. The van der Waals surface area contributed by atoms with Crippen LogP contribution in [0.5, 0.6) is 0 Å². The quantitative estimate of drug-likeness (QED) is 0.825. The van der Waals surface area contributed by atoms with Crippen LogP contribution < -0.4 is 5.32 Å². The summed E-state index contributed by atoms with van der Waals surface area (Å²) < 4.78 is 0. The Kier molecular flexibility index (Phi) is 5.08. The fourth-order valence-corrected chi connectivity index (χ4v) is 3.90. The first kappa shape index (κ1) is 14.3. The molecule has 2 rings (SSSR count). The summed E-state index contributed by atoms with van der Waals surface area (Å²) in [5.41, 5.74) is 0.512. The molecule has 0 aromatic rings. The molecular formula is C16H32N2. The van der Waals surface area contributed by atoms with Gasteiger partial charge >= 0.3 is 0 Å². The number of piperazine rings is 1. The highest BCUT2D eigenvalue weighted by molar-refractivity contribution is 5.01. The summed E-state index contributed by atoms with van der Waals surface area (Å²) in [5.74, 6) is 0.810. The highest BCUT2D eigenvalue weighted by Gasteiger charge is 2.42. The lowest BCUT2D eigenvalue weighted by Gasteiger charge is -2.53. The van der Waals surface area contributed by atoms with Crippen LogP contribution in [0.4, 0.5) is 0 Å². The fourth-order valence-electron chi connectivity index (χ4n) is 3.90. The Bertz CT molecular complexity index is 245. The van der Waals surface area contributed by atoms with Gasteiger partial charge in [0.05, 0.1) is 0 Å². The van der Waals surface area contributed by atoms with E-state index in [9.17, 15) is 0 Å². The topological polar surface area (TPSA) is 15.3 Å². The van der Waals surface area contributed by atoms with E-state index in [4.69, 9.17) is 0 Å². The second-order valence-electron chi connectivity index (χ2n) is 6.60. The Balaban J connectivity index is 2.03. The summed E-state index contributed by atoms with van der Waals surface area (Å²) in [5, 5.41) is 3.88. The van der Waals surface area contributed by atoms with E-state index in [1.165, 1.54) is 64.6 Å². The molecule has 0 radical (unpaired) electrons. The van der Waals surface area contributed by atoms with E-state index < -0.39 is 0 Å². The molecule has 1 heterocycles. The molecule has 0 aromatic carbocycles. The first-order valence-electron chi connectivity index (χ1n) is 8.20. The van der Waals surface area contributed by atoms with Crippen molar-refractivity contribution >= 4 is 0 Å². The zero-order chi connectivity index (χ0) is 13.0. The Hall–Kier alpha value is -0.0800. The minimum Gasteiger partial charge on any atom is -0.311 e. The average Bonchev–Trinajstić information content (AvgIpc) is 2.42. The van der Waals surface area contributed by atoms with Crippen LogP contribution in [0, 0.1) is 5.92 Å². The second-order valence-corrected chi connectivity index (χ2v) is 6.60. The van der Waals surface area contributed by atoms with E-state index in [0.29, 0.717) is 11.6 Å². The molecule has 18 heavy (non-hydrogen) atoms. The minimum atomic E-state index is 0.512. The van der Waals surface area contributed by atoms with Crippen molar-refractivity contribution in [2.75, 3.05) is 19.6 Å². The first-order valence-corrected chi connectivity index (χ1v) is 8.20. The van der Waals surface area contributed by atoms with Crippen molar-refractivity contribution in [3.05, 3.63) is 0 Å². The summed E-state index contributed by atoms with van der Waals surface area (Å²) in [4.78, 5) is 2.85. The highest BCUT2D eigenvalue weighted by atomic mass is 15.3. The van der Waals surface area contributed by atoms with Gasteiger partial charge in [0.2, 0.25) is 0 Å². The summed E-state index contributed by atoms with van der Waals surface area (Å²) in [7, 11) is 0. The van der Waals surface area contributed by atoms with Crippen LogP contribution in [0.25, 0.3) is 0 Å². The Labute approximate surface area is 114 Å². The number of nitrogens with one attached hydrogen (secondary N) is 1. The normalized spacial score (nSPS) is 30.5. The van der Waals surface area contributed by atoms with Crippen LogP contribution in [0.1, 0.15) is 65.7 Å². The minimum absolute atomic E-state index is 0.512. The molecule has 0 amide bonds. The van der Waals surface area contributed by atoms with Gasteiger partial charge in [-0.2, -0.15) is 0 Å². The van der Waals surface area contributed by atoms with Crippen molar-refractivity contribution in [2.45, 2.75) is 77.3 Å². The van der Waals surface area contributed by atoms with E-state index in [0.717, 1.165) is 5.92 Å². The lowest BCUT2D eigenvalue weighted by atomic mass is 9.77. The van der Waals surface area contributed by atoms with Gasteiger partial charge in [0.25, 0.3) is 0 Å². The number of hydrogen-bond donors (Lipinski definition) is 1. The molecule has 2 unspecified atom stereocenters. The van der Waals surface area contributed by atoms with Gasteiger partial charge in [0.15, 0.2) is 0 Å². The molecule has 1 saturated heterocycles. The fraction of sp³-hybridized carbons (Fsp3) is 1.00. The van der Waals surface area contributed by atoms with Crippen LogP contribution in [-0.4, -0.2) is 36.1 Å². The molecule has 1 spiro atoms. The Morgan fingerprint density at radius 3 is 2.56 bits per heavy atom. The van der Waals surface area contributed by atoms with Gasteiger partial charge in [-0.3, -0.25) is 4.90 Å². The van der Waals surface area contributed by atoms with Gasteiger partial charge in [-0.1, -0.05) is 46.5 Å². The molecular weight excluding hydrogens is 220 g/mol. The van der Waals surface area contributed by atoms with Crippen LogP contribution in [0.15, 0.2) is 0 Å². The molecule has 2 aliphatic rings. The molecule has 1 N–H and O–H groups in total. The highest BCUT2D eigenvalue weighted by Crippen LogP contribution is 2.36. The van der Waals surface area contributed by atoms with E-state index in [2.05, 4.69) is 31.0 Å². The molecule has 106 valence electrons. The van der Waals surface area contributed by atoms with Gasteiger partial charge in [-0.05, 0) is 31.7 Å². The van der Waals surface area contributed by atoms with Gasteiger partial charge in [-0.15, -0.1) is 0 Å². The summed E-state index contributed by atoms with van der Waals surface area (Å²) in [6, 6.07) is 0.717. The zero-order valence-electron chi connectivity index (χ0n) is 12.7. The van der Waals surface area contributed by atoms with Crippen molar-refractivity contribution < 1.29 is 0 Å². The lowest BCUT2D eigenvalue weighted by molar-refractivity contribution is 0.000631. The second kappa shape index (κ2) is 6.38. The lowest BCUT2D eigenvalue weighted by Crippen LogP contribution is -2.66. The largest absolute Gasteiger partial charge is 0.311 e. The standard InChI is InChI=1S/C16H32N2/c1-4-11-18-12-15(14(3)5-2)17-13-16(18)9-7-6-8-10-16/h14-15,17H,4-13H2,1-3H3. The number of nitrogens with zero attached hydrogens (tertiary/aromatic N) is 1. The Morgan fingerprint density at radius 2 is 1.94 bits per heavy atom. The van der Waals surface area contributed by atoms with E-state index in [1.807, 2.05) is 0 Å². The van der Waals surface area contributed by atoms with Gasteiger partial charge in [0.1, 0.15) is 0 Å². The smallest absolute Gasteiger partial charge is 0.0334 e. The van der Waals surface area contributed by atoms with Gasteiger partial charge < -0.3 is 5.32 Å². The summed E-state index contributed by atoms with van der Waals surface area (Å²) >= 11 is 0. The predicted octanol–water partition coefficient (Wildman–Crippen LogP) is 3.42. The van der Waals surface area contributed by atoms with Crippen LogP contribution in [-0.2, 0) is 0 Å². The summed E-state index contributed by atoms with van der Waals surface area (Å²) in [6.45, 7) is 10.9. The SMILES string of the molecule is CCCN1CC(C(C)CC)NCC12CCCCC2. The Morgan fingerprint density at radius 1 is 1.22 bits per heavy atom. The van der Waals surface area contributed by atoms with Crippen molar-refractivity contribution in [3.63, 3.8) is 0 Å². The van der Waals surface area contributed by atoms with E-state index >= 15 is 0 Å². The molecule has 2 heteroatoms. The van der Waals surface area contributed by atoms with Gasteiger partial charge in [-0.25, -0.2) is 0 Å². The monoisotopic (exact) mass is 252 g/mol. The molecule has 0 aromatic heterocycles. The van der Waals surface area contributed by atoms with Crippen molar-refractivity contribution in [2.24, 2.45) is 5.92 Å². The molecule has 1 aliphatic heterocycles. The predicted molar refractivity (Wildman–Crippen MR) is 78.9 cm³/mol. The number of hydrogen-bond acceptors (Lipinski definition) is 2. The molecule has 1 saturated carbocycles. The molecule has 2 nitrogen and oxygen atoms in total. The van der Waals surface area contributed by atoms with Crippen molar-refractivity contribution in [1.29, 1.82) is 0 Å². The third kappa shape index (κ3) is 2.91. The molecule has 0 bridgehead atoms. The van der Waals surface area contributed by atoms with Gasteiger partial charge in [0, 0.05) is 24.7 Å². The van der Waals surface area contributed by atoms with E-state index in [1.54, 1.807) is 0 Å². The third-order valence-corrected chi connectivity index (χ3v) is 5.39. The third-order valence-electron chi connectivity index (χ3n) is 5.39. The number of rotatable bonds is 4. The maximum absolute atomic E-state index is 3.88. The first-order chi connectivity index (χ1) is 8.72. The zero-order valence-corrected chi connectivity index (χ0v) is 12.7. The van der Waals surface area contributed by atoms with E-state index in [-0.39, 0.29) is 0 Å². The molecule has 2 atom stereocenters. The summed E-state index contributed by atoms with van der Waals surface area (Å²) in [6.07, 6.45) is 9.78. The average molecular weight is 252 g/mol. The maximum Gasteiger partial charge on any atom is 0.0334 e. The molecule has 1 aliphatic carbocycles. The molecule has 2 fully saturated rings. The van der Waals surface area contributed by atoms with Crippen LogP contribution in [0.3, 0.4) is 0 Å². The van der Waals surface area contributed by atoms with Crippen molar-refractivity contribution in [3.8, 4) is 0 Å². The van der Waals surface area contributed by atoms with Crippen LogP contribution in [0.2, 0.25) is 0 Å². The van der Waals surface area contributed by atoms with Crippen molar-refractivity contribution in [1.82, 2.24) is 10.2 Å². The van der Waals surface area contributed by atoms with Crippen LogP contribution >= 0.6 is 0 Å².